The Morgan fingerprint density at radius 1 is 1.11 bits per heavy atom. The third kappa shape index (κ3) is 3.20. The van der Waals surface area contributed by atoms with Crippen LogP contribution in [0.15, 0.2) is 53.0 Å². The van der Waals surface area contributed by atoms with Crippen LogP contribution in [-0.2, 0) is 0 Å². The molecule has 0 aliphatic carbocycles. The zero-order valence-electron chi connectivity index (χ0n) is 10.0. The standard InChI is InChI=1S/C15H13BrO2/c1-11-4-2-3-5-14(11)15(17)10-18-13-8-6-12(16)7-9-13/h2-9H,10H2,1H3. The number of hydrogen-bond acceptors (Lipinski definition) is 2. The van der Waals surface area contributed by atoms with Crippen molar-refractivity contribution < 1.29 is 9.53 Å². The Morgan fingerprint density at radius 2 is 1.78 bits per heavy atom. The van der Waals surface area contributed by atoms with Crippen LogP contribution in [0.4, 0.5) is 0 Å². The first-order valence-corrected chi connectivity index (χ1v) is 6.43. The van der Waals surface area contributed by atoms with Gasteiger partial charge in [0.25, 0.3) is 0 Å². The van der Waals surface area contributed by atoms with Crippen LogP contribution in [0.3, 0.4) is 0 Å². The lowest BCUT2D eigenvalue weighted by molar-refractivity contribution is 0.0921. The van der Waals surface area contributed by atoms with Crippen molar-refractivity contribution in [2.45, 2.75) is 6.92 Å². The Kier molecular flexibility index (Phi) is 4.15. The monoisotopic (exact) mass is 304 g/mol. The second kappa shape index (κ2) is 5.83. The van der Waals surface area contributed by atoms with E-state index >= 15 is 0 Å². The minimum atomic E-state index is -0.00369. The number of aryl methyl sites for hydroxylation is 1. The molecule has 2 aromatic carbocycles. The summed E-state index contributed by atoms with van der Waals surface area (Å²) in [5.74, 6) is 0.691. The van der Waals surface area contributed by atoms with Crippen LogP contribution in [0.25, 0.3) is 0 Å². The largest absolute Gasteiger partial charge is 0.485 e. The molecule has 0 saturated heterocycles. The first-order valence-electron chi connectivity index (χ1n) is 5.64. The highest BCUT2D eigenvalue weighted by Gasteiger charge is 2.08. The number of carbonyl (C=O) groups excluding carboxylic acids is 1. The average molecular weight is 305 g/mol. The van der Waals surface area contributed by atoms with Crippen LogP contribution < -0.4 is 4.74 Å². The van der Waals surface area contributed by atoms with Gasteiger partial charge in [-0.15, -0.1) is 0 Å². The number of carbonyl (C=O) groups is 1. The van der Waals surface area contributed by atoms with E-state index in [1.54, 1.807) is 0 Å². The Balaban J connectivity index is 2.01. The minimum Gasteiger partial charge on any atom is -0.485 e. The lowest BCUT2D eigenvalue weighted by atomic mass is 10.1. The molecular weight excluding hydrogens is 292 g/mol. The van der Waals surface area contributed by atoms with Gasteiger partial charge < -0.3 is 4.74 Å². The van der Waals surface area contributed by atoms with Gasteiger partial charge in [0.1, 0.15) is 5.75 Å². The van der Waals surface area contributed by atoms with E-state index in [4.69, 9.17) is 4.74 Å². The van der Waals surface area contributed by atoms with Gasteiger partial charge in [-0.25, -0.2) is 0 Å². The zero-order valence-corrected chi connectivity index (χ0v) is 11.6. The number of halogens is 1. The molecule has 0 saturated carbocycles. The van der Waals surface area contributed by atoms with Crippen LogP contribution in [0.1, 0.15) is 15.9 Å². The maximum atomic E-state index is 12.0. The Bertz CT molecular complexity index is 547. The lowest BCUT2D eigenvalue weighted by Gasteiger charge is -2.07. The van der Waals surface area contributed by atoms with Crippen molar-refractivity contribution in [3.63, 3.8) is 0 Å². The predicted molar refractivity (Wildman–Crippen MR) is 75.1 cm³/mol. The van der Waals surface area contributed by atoms with Gasteiger partial charge in [-0.1, -0.05) is 40.2 Å². The molecule has 0 bridgehead atoms. The van der Waals surface area contributed by atoms with Gasteiger partial charge in [-0.2, -0.15) is 0 Å². The van der Waals surface area contributed by atoms with E-state index in [-0.39, 0.29) is 12.4 Å². The molecule has 2 aromatic rings. The Hall–Kier alpha value is -1.61. The van der Waals surface area contributed by atoms with Crippen LogP contribution in [0.2, 0.25) is 0 Å². The normalized spacial score (nSPS) is 10.1. The molecule has 0 radical (unpaired) electrons. The second-order valence-corrected chi connectivity index (χ2v) is 4.90. The summed E-state index contributed by atoms with van der Waals surface area (Å²) in [5, 5.41) is 0. The topological polar surface area (TPSA) is 26.3 Å². The molecule has 0 heterocycles. The average Bonchev–Trinajstić information content (AvgIpc) is 2.38. The number of ketones is 1. The van der Waals surface area contributed by atoms with Gasteiger partial charge >= 0.3 is 0 Å². The highest BCUT2D eigenvalue weighted by Crippen LogP contribution is 2.16. The third-order valence-corrected chi connectivity index (χ3v) is 3.16. The summed E-state index contributed by atoms with van der Waals surface area (Å²) >= 11 is 3.35. The van der Waals surface area contributed by atoms with E-state index in [1.807, 2.05) is 55.5 Å². The summed E-state index contributed by atoms with van der Waals surface area (Å²) < 4.78 is 6.45. The summed E-state index contributed by atoms with van der Waals surface area (Å²) in [5.41, 5.74) is 1.69. The Labute approximate surface area is 115 Å². The van der Waals surface area contributed by atoms with Crippen LogP contribution >= 0.6 is 15.9 Å². The first-order chi connectivity index (χ1) is 8.66. The fraction of sp³-hybridized carbons (Fsp3) is 0.133. The molecular formula is C15H13BrO2. The molecule has 2 nitrogen and oxygen atoms in total. The zero-order chi connectivity index (χ0) is 13.0. The fourth-order valence-corrected chi connectivity index (χ4v) is 1.91. The van der Waals surface area contributed by atoms with Gasteiger partial charge in [0.2, 0.25) is 0 Å². The summed E-state index contributed by atoms with van der Waals surface area (Å²) in [6.07, 6.45) is 0. The molecule has 0 atom stereocenters. The minimum absolute atomic E-state index is 0.00369. The number of rotatable bonds is 4. The lowest BCUT2D eigenvalue weighted by Crippen LogP contribution is -2.12. The van der Waals surface area contributed by atoms with Gasteiger partial charge in [0.05, 0.1) is 0 Å². The summed E-state index contributed by atoms with van der Waals surface area (Å²) in [6.45, 7) is 1.99. The van der Waals surface area contributed by atoms with E-state index in [2.05, 4.69) is 15.9 Å². The maximum absolute atomic E-state index is 12.0. The highest BCUT2D eigenvalue weighted by atomic mass is 79.9. The molecule has 3 heteroatoms. The van der Waals surface area contributed by atoms with Crippen molar-refractivity contribution in [1.29, 1.82) is 0 Å². The van der Waals surface area contributed by atoms with E-state index in [1.165, 1.54) is 0 Å². The van der Waals surface area contributed by atoms with Crippen molar-refractivity contribution >= 4 is 21.7 Å². The maximum Gasteiger partial charge on any atom is 0.200 e. The van der Waals surface area contributed by atoms with Crippen LogP contribution in [-0.4, -0.2) is 12.4 Å². The quantitative estimate of drug-likeness (QED) is 0.798. The number of ether oxygens (including phenoxy) is 1. The summed E-state index contributed by atoms with van der Waals surface area (Å²) in [7, 11) is 0. The van der Waals surface area contributed by atoms with E-state index in [0.29, 0.717) is 5.75 Å². The molecule has 0 amide bonds. The molecule has 18 heavy (non-hydrogen) atoms. The van der Waals surface area contributed by atoms with Gasteiger partial charge in [-0.3, -0.25) is 4.79 Å². The predicted octanol–water partition coefficient (Wildman–Crippen LogP) is 4.02. The molecule has 0 aliphatic heterocycles. The molecule has 0 aromatic heterocycles. The van der Waals surface area contributed by atoms with Gasteiger partial charge in [0, 0.05) is 10.0 Å². The molecule has 0 aliphatic rings. The summed E-state index contributed by atoms with van der Waals surface area (Å²) in [6, 6.07) is 14.9. The van der Waals surface area contributed by atoms with Gasteiger partial charge in [0.15, 0.2) is 12.4 Å². The van der Waals surface area contributed by atoms with E-state index in [9.17, 15) is 4.79 Å². The van der Waals surface area contributed by atoms with Crippen molar-refractivity contribution in [1.82, 2.24) is 0 Å². The van der Waals surface area contributed by atoms with Crippen molar-refractivity contribution in [3.05, 3.63) is 64.1 Å². The summed E-state index contributed by atoms with van der Waals surface area (Å²) in [4.78, 5) is 12.0. The highest BCUT2D eigenvalue weighted by molar-refractivity contribution is 9.10. The number of Topliss-reactive ketones (excluding diaryl/α,β-unsaturated/α-hetero) is 1. The Morgan fingerprint density at radius 3 is 2.44 bits per heavy atom. The van der Waals surface area contributed by atoms with Crippen LogP contribution in [0, 0.1) is 6.92 Å². The van der Waals surface area contributed by atoms with Crippen molar-refractivity contribution in [2.75, 3.05) is 6.61 Å². The molecule has 0 N–H and O–H groups in total. The fourth-order valence-electron chi connectivity index (χ4n) is 1.64. The number of benzene rings is 2. The smallest absolute Gasteiger partial charge is 0.200 e. The van der Waals surface area contributed by atoms with Gasteiger partial charge in [-0.05, 0) is 36.8 Å². The van der Waals surface area contributed by atoms with Crippen LogP contribution in [0.5, 0.6) is 5.75 Å². The third-order valence-electron chi connectivity index (χ3n) is 2.63. The molecule has 0 fully saturated rings. The first kappa shape index (κ1) is 12.8. The van der Waals surface area contributed by atoms with E-state index in [0.717, 1.165) is 15.6 Å². The molecule has 2 rings (SSSR count). The van der Waals surface area contributed by atoms with E-state index < -0.39 is 0 Å². The van der Waals surface area contributed by atoms with Crippen molar-refractivity contribution in [2.24, 2.45) is 0 Å². The second-order valence-electron chi connectivity index (χ2n) is 3.98. The number of hydrogen-bond donors (Lipinski definition) is 0. The van der Waals surface area contributed by atoms with Crippen molar-refractivity contribution in [3.8, 4) is 5.75 Å². The molecule has 92 valence electrons. The SMILES string of the molecule is Cc1ccccc1C(=O)COc1ccc(Br)cc1. The molecule has 0 unspecified atom stereocenters. The molecule has 0 spiro atoms.